The van der Waals surface area contributed by atoms with Gasteiger partial charge in [-0.25, -0.2) is 0 Å². The van der Waals surface area contributed by atoms with Gasteiger partial charge in [0.2, 0.25) is 0 Å². The van der Waals surface area contributed by atoms with Crippen molar-refractivity contribution in [2.24, 2.45) is 0 Å². The van der Waals surface area contributed by atoms with Gasteiger partial charge in [-0.05, 0) is 56.2 Å². The number of nitrogens with zero attached hydrogens (tertiary/aromatic N) is 1. The fourth-order valence-corrected chi connectivity index (χ4v) is 3.95. The van der Waals surface area contributed by atoms with Crippen molar-refractivity contribution < 1.29 is 19.1 Å². The van der Waals surface area contributed by atoms with Gasteiger partial charge in [-0.15, -0.1) is 0 Å². The van der Waals surface area contributed by atoms with Crippen molar-refractivity contribution in [1.29, 1.82) is 0 Å². The summed E-state index contributed by atoms with van der Waals surface area (Å²) >= 11 is 6.27. The standard InChI is InChI=1S/C28H26ClN3O4/c1-17(2)36-23-12-8-7-11-21(23)31-26(33)20-14-13-18(3)22(15-20)30-25-24(29)27(34)32(28(25)35)16-19-9-5-4-6-10-19/h4-15,17,30H,16H2,1-3H3,(H,31,33). The van der Waals surface area contributed by atoms with Crippen molar-refractivity contribution in [3.8, 4) is 5.75 Å². The second-order valence-corrected chi connectivity index (χ2v) is 9.02. The number of para-hydroxylation sites is 2. The van der Waals surface area contributed by atoms with Crippen LogP contribution in [0.2, 0.25) is 0 Å². The summed E-state index contributed by atoms with van der Waals surface area (Å²) in [4.78, 5) is 39.9. The van der Waals surface area contributed by atoms with Crippen molar-refractivity contribution in [3.63, 3.8) is 0 Å². The fraction of sp³-hybridized carbons (Fsp3) is 0.179. The molecule has 0 saturated heterocycles. The third-order valence-corrected chi connectivity index (χ3v) is 5.90. The zero-order valence-corrected chi connectivity index (χ0v) is 20.9. The van der Waals surface area contributed by atoms with E-state index in [0.29, 0.717) is 22.7 Å². The number of aryl methyl sites for hydroxylation is 1. The van der Waals surface area contributed by atoms with Gasteiger partial charge in [-0.3, -0.25) is 19.3 Å². The van der Waals surface area contributed by atoms with Crippen LogP contribution in [0.3, 0.4) is 0 Å². The lowest BCUT2D eigenvalue weighted by Crippen LogP contribution is -2.31. The lowest BCUT2D eigenvalue weighted by molar-refractivity contribution is -0.138. The van der Waals surface area contributed by atoms with Crippen LogP contribution in [0.1, 0.15) is 35.3 Å². The summed E-state index contributed by atoms with van der Waals surface area (Å²) in [7, 11) is 0. The molecule has 1 heterocycles. The molecular formula is C28H26ClN3O4. The normalized spacial score (nSPS) is 13.4. The highest BCUT2D eigenvalue weighted by molar-refractivity contribution is 6.48. The van der Waals surface area contributed by atoms with Gasteiger partial charge in [0.05, 0.1) is 18.3 Å². The molecular weight excluding hydrogens is 478 g/mol. The molecule has 3 aromatic carbocycles. The van der Waals surface area contributed by atoms with Crippen LogP contribution in [-0.2, 0) is 16.1 Å². The molecule has 4 rings (SSSR count). The molecule has 0 spiro atoms. The zero-order chi connectivity index (χ0) is 25.8. The minimum atomic E-state index is -0.568. The number of imide groups is 1. The number of ether oxygens (including phenoxy) is 1. The number of carbonyl (C=O) groups excluding carboxylic acids is 3. The van der Waals surface area contributed by atoms with Gasteiger partial charge in [-0.2, -0.15) is 0 Å². The van der Waals surface area contributed by atoms with Crippen LogP contribution in [0.4, 0.5) is 11.4 Å². The fourth-order valence-electron chi connectivity index (χ4n) is 3.72. The van der Waals surface area contributed by atoms with Gasteiger partial charge in [0.1, 0.15) is 16.5 Å². The number of nitrogens with one attached hydrogen (secondary N) is 2. The van der Waals surface area contributed by atoms with Crippen molar-refractivity contribution in [2.75, 3.05) is 10.6 Å². The molecule has 0 radical (unpaired) electrons. The van der Waals surface area contributed by atoms with Gasteiger partial charge in [0.15, 0.2) is 0 Å². The number of hydrogen-bond acceptors (Lipinski definition) is 5. The highest BCUT2D eigenvalue weighted by atomic mass is 35.5. The molecule has 0 fully saturated rings. The number of anilines is 2. The third kappa shape index (κ3) is 5.42. The van der Waals surface area contributed by atoms with Crippen LogP contribution in [-0.4, -0.2) is 28.7 Å². The molecule has 1 aliphatic heterocycles. The molecule has 8 heteroatoms. The number of rotatable bonds is 8. The summed E-state index contributed by atoms with van der Waals surface area (Å²) in [6, 6.07) is 21.4. The van der Waals surface area contributed by atoms with Gasteiger partial charge >= 0.3 is 0 Å². The minimum Gasteiger partial charge on any atom is -0.489 e. The Kier molecular flexibility index (Phi) is 7.41. The Hall–Kier alpha value is -4.10. The summed E-state index contributed by atoms with van der Waals surface area (Å²) in [6.07, 6.45) is -0.0515. The van der Waals surface area contributed by atoms with E-state index < -0.39 is 11.8 Å². The molecule has 3 aromatic rings. The van der Waals surface area contributed by atoms with E-state index in [2.05, 4.69) is 10.6 Å². The maximum Gasteiger partial charge on any atom is 0.279 e. The minimum absolute atomic E-state index is 0.0195. The van der Waals surface area contributed by atoms with Crippen LogP contribution >= 0.6 is 11.6 Å². The molecule has 0 bridgehead atoms. The Balaban J connectivity index is 1.53. The summed E-state index contributed by atoms with van der Waals surface area (Å²) < 4.78 is 5.78. The Morgan fingerprint density at radius 2 is 1.64 bits per heavy atom. The first-order chi connectivity index (χ1) is 17.2. The van der Waals surface area contributed by atoms with Crippen molar-refractivity contribution in [2.45, 2.75) is 33.4 Å². The molecule has 2 N–H and O–H groups in total. The second-order valence-electron chi connectivity index (χ2n) is 8.64. The average Bonchev–Trinajstić information content (AvgIpc) is 3.05. The largest absolute Gasteiger partial charge is 0.489 e. The quantitative estimate of drug-likeness (QED) is 0.398. The van der Waals surface area contributed by atoms with Gasteiger partial charge in [0, 0.05) is 11.3 Å². The van der Waals surface area contributed by atoms with E-state index in [1.807, 2.05) is 63.2 Å². The van der Waals surface area contributed by atoms with E-state index in [4.69, 9.17) is 16.3 Å². The molecule has 7 nitrogen and oxygen atoms in total. The first-order valence-corrected chi connectivity index (χ1v) is 11.9. The van der Waals surface area contributed by atoms with E-state index in [1.165, 1.54) is 0 Å². The molecule has 0 atom stereocenters. The smallest absolute Gasteiger partial charge is 0.279 e. The van der Waals surface area contributed by atoms with Gasteiger partial charge < -0.3 is 15.4 Å². The summed E-state index contributed by atoms with van der Waals surface area (Å²) in [5, 5.41) is 5.66. The van der Waals surface area contributed by atoms with Crippen LogP contribution in [0.25, 0.3) is 0 Å². The highest BCUT2D eigenvalue weighted by Crippen LogP contribution is 2.30. The molecule has 36 heavy (non-hydrogen) atoms. The van der Waals surface area contributed by atoms with Gasteiger partial charge in [-0.1, -0.05) is 60.1 Å². The van der Waals surface area contributed by atoms with E-state index in [9.17, 15) is 14.4 Å². The number of carbonyl (C=O) groups is 3. The maximum atomic E-state index is 13.0. The molecule has 0 saturated carbocycles. The number of hydrogen-bond donors (Lipinski definition) is 2. The molecule has 3 amide bonds. The average molecular weight is 504 g/mol. The van der Waals surface area contributed by atoms with Crippen molar-refractivity contribution >= 4 is 40.7 Å². The first kappa shape index (κ1) is 25.0. The van der Waals surface area contributed by atoms with E-state index in [0.717, 1.165) is 16.0 Å². The van der Waals surface area contributed by atoms with Crippen molar-refractivity contribution in [1.82, 2.24) is 4.90 Å². The van der Waals surface area contributed by atoms with Crippen molar-refractivity contribution in [3.05, 3.63) is 100 Å². The lowest BCUT2D eigenvalue weighted by atomic mass is 10.1. The predicted molar refractivity (Wildman–Crippen MR) is 140 cm³/mol. The van der Waals surface area contributed by atoms with E-state index in [-0.39, 0.29) is 29.3 Å². The summed E-state index contributed by atoms with van der Waals surface area (Å²) in [5.41, 5.74) is 2.96. The van der Waals surface area contributed by atoms with Crippen LogP contribution in [0.15, 0.2) is 83.5 Å². The molecule has 1 aliphatic rings. The van der Waals surface area contributed by atoms with Crippen LogP contribution in [0, 0.1) is 6.92 Å². The maximum absolute atomic E-state index is 13.0. The Morgan fingerprint density at radius 1 is 0.944 bits per heavy atom. The molecule has 0 aliphatic carbocycles. The number of benzene rings is 3. The number of amides is 3. The van der Waals surface area contributed by atoms with E-state index >= 15 is 0 Å². The first-order valence-electron chi connectivity index (χ1n) is 11.5. The topological polar surface area (TPSA) is 87.7 Å². The molecule has 0 unspecified atom stereocenters. The van der Waals surface area contributed by atoms with Gasteiger partial charge in [0.25, 0.3) is 17.7 Å². The van der Waals surface area contributed by atoms with E-state index in [1.54, 1.807) is 30.3 Å². The zero-order valence-electron chi connectivity index (χ0n) is 20.2. The van der Waals surface area contributed by atoms with Crippen LogP contribution in [0.5, 0.6) is 5.75 Å². The second kappa shape index (κ2) is 10.7. The van der Waals surface area contributed by atoms with Crippen LogP contribution < -0.4 is 15.4 Å². The highest BCUT2D eigenvalue weighted by Gasteiger charge is 2.38. The third-order valence-electron chi connectivity index (χ3n) is 5.55. The Labute approximate surface area is 214 Å². The monoisotopic (exact) mass is 503 g/mol. The molecule has 0 aromatic heterocycles. The Morgan fingerprint density at radius 3 is 2.36 bits per heavy atom. The molecule has 184 valence electrons. The summed E-state index contributed by atoms with van der Waals surface area (Å²) in [6.45, 7) is 5.76. The number of halogens is 1. The SMILES string of the molecule is Cc1ccc(C(=O)Nc2ccccc2OC(C)C)cc1NC1=C(Cl)C(=O)N(Cc2ccccc2)C1=O. The predicted octanol–water partition coefficient (Wildman–Crippen LogP) is 5.47. The lowest BCUT2D eigenvalue weighted by Gasteiger charge is -2.16. The Bertz CT molecular complexity index is 1350. The summed E-state index contributed by atoms with van der Waals surface area (Å²) in [5.74, 6) is -0.876.